The summed E-state index contributed by atoms with van der Waals surface area (Å²) in [7, 11) is 0. The van der Waals surface area contributed by atoms with Gasteiger partial charge in [0.25, 0.3) is 0 Å². The van der Waals surface area contributed by atoms with Crippen LogP contribution in [0, 0.1) is 0 Å². The average molecular weight is 270 g/mol. The maximum absolute atomic E-state index is 10.5. The van der Waals surface area contributed by atoms with Gasteiger partial charge in [0.1, 0.15) is 0 Å². The molecule has 1 aromatic heterocycles. The van der Waals surface area contributed by atoms with Crippen molar-refractivity contribution in [2.45, 2.75) is 44.3 Å². The summed E-state index contributed by atoms with van der Waals surface area (Å²) in [5, 5.41) is 12.6. The van der Waals surface area contributed by atoms with Gasteiger partial charge in [0.2, 0.25) is 0 Å². The van der Waals surface area contributed by atoms with Crippen molar-refractivity contribution in [1.82, 2.24) is 0 Å². The number of rotatable bonds is 6. The largest absolute Gasteiger partial charge is 0.390 e. The molecule has 2 heterocycles. The normalized spacial score (nSPS) is 20.8. The predicted molar refractivity (Wildman–Crippen MR) is 73.1 cm³/mol. The van der Waals surface area contributed by atoms with Gasteiger partial charge in [-0.05, 0) is 31.2 Å². The van der Waals surface area contributed by atoms with Gasteiger partial charge in [-0.15, -0.1) is 11.3 Å². The SMILES string of the molecule is CCOC1(C(O)CCc2cccs2)CCOCC1. The van der Waals surface area contributed by atoms with Crippen LogP contribution in [0.3, 0.4) is 0 Å². The summed E-state index contributed by atoms with van der Waals surface area (Å²) in [6.45, 7) is 4.02. The highest BCUT2D eigenvalue weighted by Gasteiger charge is 2.40. The highest BCUT2D eigenvalue weighted by Crippen LogP contribution is 2.31. The third kappa shape index (κ3) is 3.32. The molecule has 102 valence electrons. The molecular weight excluding hydrogens is 248 g/mol. The molecule has 0 aromatic carbocycles. The molecule has 0 spiro atoms. The molecule has 1 aliphatic heterocycles. The van der Waals surface area contributed by atoms with Crippen molar-refractivity contribution in [3.8, 4) is 0 Å². The van der Waals surface area contributed by atoms with E-state index < -0.39 is 6.10 Å². The second kappa shape index (κ2) is 6.66. The molecule has 2 rings (SSSR count). The second-order valence-corrected chi connectivity index (χ2v) is 5.78. The van der Waals surface area contributed by atoms with Crippen LogP contribution in [0.1, 0.15) is 31.1 Å². The van der Waals surface area contributed by atoms with Crippen LogP contribution in [0.4, 0.5) is 0 Å². The van der Waals surface area contributed by atoms with Gasteiger partial charge in [-0.3, -0.25) is 0 Å². The van der Waals surface area contributed by atoms with E-state index in [4.69, 9.17) is 9.47 Å². The van der Waals surface area contributed by atoms with Crippen molar-refractivity contribution in [1.29, 1.82) is 0 Å². The van der Waals surface area contributed by atoms with Crippen molar-refractivity contribution < 1.29 is 14.6 Å². The predicted octanol–water partition coefficient (Wildman–Crippen LogP) is 2.63. The summed E-state index contributed by atoms with van der Waals surface area (Å²) in [4.78, 5) is 1.33. The van der Waals surface area contributed by atoms with Crippen molar-refractivity contribution in [2.24, 2.45) is 0 Å². The van der Waals surface area contributed by atoms with Crippen molar-refractivity contribution in [3.63, 3.8) is 0 Å². The first-order chi connectivity index (χ1) is 8.77. The molecule has 0 saturated carbocycles. The first-order valence-electron chi connectivity index (χ1n) is 6.69. The van der Waals surface area contributed by atoms with E-state index in [1.54, 1.807) is 11.3 Å². The van der Waals surface area contributed by atoms with Crippen LogP contribution < -0.4 is 0 Å². The molecule has 3 nitrogen and oxygen atoms in total. The van der Waals surface area contributed by atoms with Gasteiger partial charge in [-0.25, -0.2) is 0 Å². The lowest BCUT2D eigenvalue weighted by atomic mass is 9.85. The maximum atomic E-state index is 10.5. The highest BCUT2D eigenvalue weighted by atomic mass is 32.1. The maximum Gasteiger partial charge on any atom is 0.0983 e. The van der Waals surface area contributed by atoms with E-state index in [1.807, 2.05) is 6.92 Å². The van der Waals surface area contributed by atoms with Gasteiger partial charge in [0, 0.05) is 37.5 Å². The van der Waals surface area contributed by atoms with E-state index >= 15 is 0 Å². The Kier molecular flexibility index (Phi) is 5.18. The highest BCUT2D eigenvalue weighted by molar-refractivity contribution is 7.09. The van der Waals surface area contributed by atoms with Crippen LogP contribution in [0.2, 0.25) is 0 Å². The van der Waals surface area contributed by atoms with Crippen molar-refractivity contribution >= 4 is 11.3 Å². The number of ether oxygens (including phenoxy) is 2. The minimum absolute atomic E-state index is 0.385. The Morgan fingerprint density at radius 1 is 1.50 bits per heavy atom. The van der Waals surface area contributed by atoms with E-state index in [0.29, 0.717) is 19.8 Å². The smallest absolute Gasteiger partial charge is 0.0983 e. The standard InChI is InChI=1S/C14H22O3S/c1-2-17-14(7-9-16-10-8-14)13(15)6-5-12-4-3-11-18-12/h3-4,11,13,15H,2,5-10H2,1H3. The van der Waals surface area contributed by atoms with E-state index in [0.717, 1.165) is 25.7 Å². The Morgan fingerprint density at radius 3 is 2.89 bits per heavy atom. The number of aliphatic hydroxyl groups excluding tert-OH is 1. The molecule has 1 unspecified atom stereocenters. The zero-order valence-electron chi connectivity index (χ0n) is 10.9. The molecule has 1 aromatic rings. The summed E-state index contributed by atoms with van der Waals surface area (Å²) >= 11 is 1.75. The zero-order valence-corrected chi connectivity index (χ0v) is 11.7. The van der Waals surface area contributed by atoms with Crippen LogP contribution in [-0.4, -0.2) is 36.6 Å². The van der Waals surface area contributed by atoms with E-state index in [2.05, 4.69) is 17.5 Å². The topological polar surface area (TPSA) is 38.7 Å². The van der Waals surface area contributed by atoms with Crippen LogP contribution in [-0.2, 0) is 15.9 Å². The number of hydrogen-bond acceptors (Lipinski definition) is 4. The van der Waals surface area contributed by atoms with E-state index in [9.17, 15) is 5.11 Å². The number of aliphatic hydroxyl groups is 1. The summed E-state index contributed by atoms with van der Waals surface area (Å²) < 4.78 is 11.3. The van der Waals surface area contributed by atoms with Crippen molar-refractivity contribution in [2.75, 3.05) is 19.8 Å². The molecule has 0 bridgehead atoms. The Morgan fingerprint density at radius 2 is 2.28 bits per heavy atom. The van der Waals surface area contributed by atoms with Gasteiger partial charge in [0.15, 0.2) is 0 Å². The first-order valence-corrected chi connectivity index (χ1v) is 7.57. The lowest BCUT2D eigenvalue weighted by Gasteiger charge is -2.40. The molecule has 0 amide bonds. The van der Waals surface area contributed by atoms with E-state index in [-0.39, 0.29) is 5.60 Å². The third-order valence-corrected chi connectivity index (χ3v) is 4.56. The summed E-state index contributed by atoms with van der Waals surface area (Å²) in [6.07, 6.45) is 2.89. The lowest BCUT2D eigenvalue weighted by Crippen LogP contribution is -2.49. The minimum Gasteiger partial charge on any atom is -0.390 e. The van der Waals surface area contributed by atoms with E-state index in [1.165, 1.54) is 4.88 Å². The molecule has 1 N–H and O–H groups in total. The molecular formula is C14H22O3S. The Hall–Kier alpha value is -0.420. The van der Waals surface area contributed by atoms with Gasteiger partial charge < -0.3 is 14.6 Å². The summed E-state index contributed by atoms with van der Waals surface area (Å²) in [6, 6.07) is 4.17. The van der Waals surface area contributed by atoms with Gasteiger partial charge in [-0.1, -0.05) is 6.07 Å². The number of thiophene rings is 1. The van der Waals surface area contributed by atoms with Gasteiger partial charge in [-0.2, -0.15) is 0 Å². The Bertz CT molecular complexity index is 325. The molecule has 1 aliphatic rings. The average Bonchev–Trinajstić information content (AvgIpc) is 2.90. The molecule has 4 heteroatoms. The fraction of sp³-hybridized carbons (Fsp3) is 0.714. The third-order valence-electron chi connectivity index (χ3n) is 3.62. The first kappa shape index (κ1) is 14.0. The van der Waals surface area contributed by atoms with Crippen molar-refractivity contribution in [3.05, 3.63) is 22.4 Å². The molecule has 18 heavy (non-hydrogen) atoms. The van der Waals surface area contributed by atoms with Gasteiger partial charge >= 0.3 is 0 Å². The Labute approximate surface area is 113 Å². The number of aryl methyl sites for hydroxylation is 1. The zero-order chi connectivity index (χ0) is 12.8. The summed E-state index contributed by atoms with van der Waals surface area (Å²) in [5.74, 6) is 0. The summed E-state index contributed by atoms with van der Waals surface area (Å²) in [5.41, 5.74) is -0.385. The fourth-order valence-corrected chi connectivity index (χ4v) is 3.30. The molecule has 1 fully saturated rings. The van der Waals surface area contributed by atoms with Gasteiger partial charge in [0.05, 0.1) is 11.7 Å². The van der Waals surface area contributed by atoms with Crippen LogP contribution in [0.25, 0.3) is 0 Å². The quantitative estimate of drug-likeness (QED) is 0.863. The monoisotopic (exact) mass is 270 g/mol. The van der Waals surface area contributed by atoms with Crippen LogP contribution in [0.15, 0.2) is 17.5 Å². The molecule has 1 saturated heterocycles. The Balaban J connectivity index is 1.92. The molecule has 0 radical (unpaired) electrons. The number of hydrogen-bond donors (Lipinski definition) is 1. The van der Waals surface area contributed by atoms with Crippen LogP contribution in [0.5, 0.6) is 0 Å². The molecule has 1 atom stereocenters. The lowest BCUT2D eigenvalue weighted by molar-refractivity contribution is -0.167. The minimum atomic E-state index is -0.400. The second-order valence-electron chi connectivity index (χ2n) is 4.74. The fourth-order valence-electron chi connectivity index (χ4n) is 2.57. The molecule has 0 aliphatic carbocycles. The van der Waals surface area contributed by atoms with Crippen LogP contribution >= 0.6 is 11.3 Å².